The summed E-state index contributed by atoms with van der Waals surface area (Å²) >= 11 is 0. The van der Waals surface area contributed by atoms with Gasteiger partial charge in [0, 0.05) is 16.3 Å². The molecule has 0 aliphatic rings. The van der Waals surface area contributed by atoms with Gasteiger partial charge in [0.2, 0.25) is 0 Å². The molecule has 0 amide bonds. The molecule has 0 fully saturated rings. The first-order valence-electron chi connectivity index (χ1n) is 14.1. The van der Waals surface area contributed by atoms with Crippen LogP contribution < -0.4 is 0 Å². The van der Waals surface area contributed by atoms with Gasteiger partial charge in [-0.25, -0.2) is 0 Å². The van der Waals surface area contributed by atoms with E-state index in [4.69, 9.17) is 4.42 Å². The van der Waals surface area contributed by atoms with Gasteiger partial charge in [-0.1, -0.05) is 133 Å². The summed E-state index contributed by atoms with van der Waals surface area (Å²) in [5, 5.41) is 9.87. The van der Waals surface area contributed by atoms with E-state index < -0.39 is 0 Å². The van der Waals surface area contributed by atoms with Crippen LogP contribution in [-0.4, -0.2) is 0 Å². The lowest BCUT2D eigenvalue weighted by molar-refractivity contribution is 0.670. The minimum atomic E-state index is 0.937. The van der Waals surface area contributed by atoms with Crippen LogP contribution in [0.15, 0.2) is 150 Å². The molecule has 0 bridgehead atoms. The van der Waals surface area contributed by atoms with Crippen molar-refractivity contribution < 1.29 is 4.42 Å². The molecule has 1 heterocycles. The highest BCUT2D eigenvalue weighted by molar-refractivity contribution is 6.30. The molecule has 0 spiro atoms. The van der Waals surface area contributed by atoms with E-state index in [9.17, 15) is 0 Å². The number of rotatable bonds is 3. The third kappa shape index (κ3) is 3.18. The van der Waals surface area contributed by atoms with Crippen molar-refractivity contribution in [2.24, 2.45) is 0 Å². The largest absolute Gasteiger partial charge is 0.455 e. The van der Waals surface area contributed by atoms with Gasteiger partial charge in [-0.05, 0) is 72.3 Å². The Kier molecular flexibility index (Phi) is 4.67. The molecule has 0 unspecified atom stereocenters. The molecular weight excluding hydrogens is 496 g/mol. The number of benzene rings is 8. The standard InChI is InChI=1S/C40H24O/c1-3-12-25(13-4-1)33-24-34(32-23-22-27-16-11-21-35-37(27)39(32)40(33)41-35)38-30-19-9-7-17-28(30)36(26-14-5-2-6-15-26)29-18-8-10-20-31(29)38/h1-24H. The topological polar surface area (TPSA) is 13.1 Å². The molecular formula is C40H24O. The predicted octanol–water partition coefficient (Wildman–Crippen LogP) is 11.5. The van der Waals surface area contributed by atoms with Gasteiger partial charge in [-0.2, -0.15) is 0 Å². The van der Waals surface area contributed by atoms with Crippen LogP contribution in [0.2, 0.25) is 0 Å². The Morgan fingerprint density at radius 1 is 0.366 bits per heavy atom. The molecule has 0 N–H and O–H groups in total. The van der Waals surface area contributed by atoms with E-state index in [-0.39, 0.29) is 0 Å². The summed E-state index contributed by atoms with van der Waals surface area (Å²) in [5.74, 6) is 0. The Morgan fingerprint density at radius 3 is 1.61 bits per heavy atom. The van der Waals surface area contributed by atoms with Crippen LogP contribution in [0.3, 0.4) is 0 Å². The zero-order chi connectivity index (χ0) is 26.9. The maximum absolute atomic E-state index is 6.64. The van der Waals surface area contributed by atoms with Gasteiger partial charge in [0.05, 0.1) is 0 Å². The Morgan fingerprint density at radius 2 is 0.951 bits per heavy atom. The van der Waals surface area contributed by atoms with Crippen molar-refractivity contribution >= 4 is 54.3 Å². The summed E-state index contributed by atoms with van der Waals surface area (Å²) in [7, 11) is 0. The van der Waals surface area contributed by atoms with E-state index in [2.05, 4.69) is 146 Å². The molecule has 0 aliphatic heterocycles. The molecule has 0 saturated heterocycles. The molecule has 8 aromatic carbocycles. The van der Waals surface area contributed by atoms with Gasteiger partial charge in [-0.3, -0.25) is 0 Å². The molecule has 0 saturated carbocycles. The van der Waals surface area contributed by atoms with Crippen molar-refractivity contribution in [1.82, 2.24) is 0 Å². The quantitative estimate of drug-likeness (QED) is 0.167. The number of fused-ring (bicyclic) bond motifs is 2. The summed E-state index contributed by atoms with van der Waals surface area (Å²) in [4.78, 5) is 0. The van der Waals surface area contributed by atoms with Gasteiger partial charge in [0.25, 0.3) is 0 Å². The third-order valence-electron chi connectivity index (χ3n) is 8.62. The highest BCUT2D eigenvalue weighted by Gasteiger charge is 2.23. The fraction of sp³-hybridized carbons (Fsp3) is 0. The minimum absolute atomic E-state index is 0.937. The lowest BCUT2D eigenvalue weighted by Gasteiger charge is -2.19. The maximum atomic E-state index is 6.64. The summed E-state index contributed by atoms with van der Waals surface area (Å²) in [6.45, 7) is 0. The molecule has 1 aromatic heterocycles. The normalized spacial score (nSPS) is 11.9. The van der Waals surface area contributed by atoms with Crippen molar-refractivity contribution in [2.45, 2.75) is 0 Å². The summed E-state index contributed by atoms with van der Waals surface area (Å²) in [6, 6.07) is 52.5. The SMILES string of the molecule is c1ccc(-c2c3ccccc3c(-c3cc(-c4ccccc4)c4oc5cccc6ccc3c4c65)c3ccccc23)cc1. The first-order valence-corrected chi connectivity index (χ1v) is 14.1. The number of hydrogen-bond donors (Lipinski definition) is 0. The molecule has 9 rings (SSSR count). The van der Waals surface area contributed by atoms with E-state index in [1.807, 2.05) is 0 Å². The van der Waals surface area contributed by atoms with Gasteiger partial charge in [-0.15, -0.1) is 0 Å². The zero-order valence-electron chi connectivity index (χ0n) is 22.3. The van der Waals surface area contributed by atoms with Crippen LogP contribution in [0.25, 0.3) is 87.6 Å². The van der Waals surface area contributed by atoms with E-state index in [0.717, 1.165) is 22.3 Å². The summed E-state index contributed by atoms with van der Waals surface area (Å²) < 4.78 is 6.64. The Hall–Kier alpha value is -5.40. The summed E-state index contributed by atoms with van der Waals surface area (Å²) in [6.07, 6.45) is 0. The second kappa shape index (κ2) is 8.55. The van der Waals surface area contributed by atoms with Gasteiger partial charge >= 0.3 is 0 Å². The minimum Gasteiger partial charge on any atom is -0.455 e. The van der Waals surface area contributed by atoms with E-state index in [1.165, 1.54) is 65.3 Å². The van der Waals surface area contributed by atoms with Crippen LogP contribution in [0.5, 0.6) is 0 Å². The molecule has 1 nitrogen and oxygen atoms in total. The smallest absolute Gasteiger partial charge is 0.143 e. The number of hydrogen-bond acceptors (Lipinski definition) is 1. The van der Waals surface area contributed by atoms with Crippen LogP contribution in [-0.2, 0) is 0 Å². The van der Waals surface area contributed by atoms with Crippen molar-refractivity contribution in [1.29, 1.82) is 0 Å². The van der Waals surface area contributed by atoms with Crippen molar-refractivity contribution in [3.63, 3.8) is 0 Å². The molecule has 0 radical (unpaired) electrons. The van der Waals surface area contributed by atoms with Crippen LogP contribution in [0.4, 0.5) is 0 Å². The third-order valence-corrected chi connectivity index (χ3v) is 8.62. The maximum Gasteiger partial charge on any atom is 0.143 e. The van der Waals surface area contributed by atoms with Crippen LogP contribution >= 0.6 is 0 Å². The number of furan rings is 1. The van der Waals surface area contributed by atoms with Crippen LogP contribution in [0, 0.1) is 0 Å². The molecule has 41 heavy (non-hydrogen) atoms. The lowest BCUT2D eigenvalue weighted by atomic mass is 9.83. The predicted molar refractivity (Wildman–Crippen MR) is 174 cm³/mol. The van der Waals surface area contributed by atoms with Crippen molar-refractivity contribution in [2.75, 3.05) is 0 Å². The molecule has 0 aliphatic carbocycles. The monoisotopic (exact) mass is 520 g/mol. The van der Waals surface area contributed by atoms with E-state index in [1.54, 1.807) is 0 Å². The second-order valence-electron chi connectivity index (χ2n) is 10.8. The Balaban J connectivity index is 1.51. The highest BCUT2D eigenvalue weighted by Crippen LogP contribution is 2.50. The van der Waals surface area contributed by atoms with Gasteiger partial charge in [0.15, 0.2) is 0 Å². The lowest BCUT2D eigenvalue weighted by Crippen LogP contribution is -1.92. The first-order chi connectivity index (χ1) is 20.4. The average Bonchev–Trinajstić information content (AvgIpc) is 3.44. The second-order valence-corrected chi connectivity index (χ2v) is 10.8. The Bertz CT molecular complexity index is 2340. The van der Waals surface area contributed by atoms with Gasteiger partial charge in [0.1, 0.15) is 11.2 Å². The fourth-order valence-corrected chi connectivity index (χ4v) is 6.90. The van der Waals surface area contributed by atoms with Crippen molar-refractivity contribution in [3.8, 4) is 33.4 Å². The van der Waals surface area contributed by atoms with E-state index >= 15 is 0 Å². The Labute approximate surface area is 237 Å². The molecule has 190 valence electrons. The van der Waals surface area contributed by atoms with Gasteiger partial charge < -0.3 is 4.42 Å². The fourth-order valence-electron chi connectivity index (χ4n) is 6.90. The van der Waals surface area contributed by atoms with Crippen LogP contribution in [0.1, 0.15) is 0 Å². The van der Waals surface area contributed by atoms with Crippen molar-refractivity contribution in [3.05, 3.63) is 146 Å². The molecule has 1 heteroatoms. The summed E-state index contributed by atoms with van der Waals surface area (Å²) in [5.41, 5.74) is 9.19. The molecule has 9 aromatic rings. The first kappa shape index (κ1) is 22.4. The zero-order valence-corrected chi connectivity index (χ0v) is 22.3. The molecule has 0 atom stereocenters. The van der Waals surface area contributed by atoms with E-state index in [0.29, 0.717) is 0 Å². The average molecular weight is 521 g/mol. The highest BCUT2D eigenvalue weighted by atomic mass is 16.3.